The first kappa shape index (κ1) is 12.6. The monoisotopic (exact) mass is 252 g/mol. The highest BCUT2D eigenvalue weighted by Crippen LogP contribution is 2.30. The van der Waals surface area contributed by atoms with Crippen LogP contribution < -0.4 is 5.73 Å². The third kappa shape index (κ3) is 2.38. The molecule has 1 heterocycles. The summed E-state index contributed by atoms with van der Waals surface area (Å²) in [7, 11) is 0. The van der Waals surface area contributed by atoms with Gasteiger partial charge in [-0.15, -0.1) is 0 Å². The molecule has 6 heteroatoms. The molecule has 1 amide bonds. The van der Waals surface area contributed by atoms with Gasteiger partial charge in [0.25, 0.3) is 5.91 Å². The number of aliphatic carboxylic acids is 1. The quantitative estimate of drug-likeness (QED) is 0.808. The van der Waals surface area contributed by atoms with Gasteiger partial charge < -0.3 is 20.2 Å². The van der Waals surface area contributed by atoms with Gasteiger partial charge in [0.15, 0.2) is 0 Å². The number of hydrogen-bond donors (Lipinski definition) is 2. The van der Waals surface area contributed by atoms with Crippen LogP contribution in [-0.2, 0) is 11.3 Å². The summed E-state index contributed by atoms with van der Waals surface area (Å²) in [6, 6.07) is 0.757. The van der Waals surface area contributed by atoms with Crippen molar-refractivity contribution < 1.29 is 19.1 Å². The molecule has 18 heavy (non-hydrogen) atoms. The predicted octanol–water partition coefficient (Wildman–Crippen LogP) is 0.816. The number of carboxylic acid groups (broad SMARTS) is 1. The number of carboxylic acids is 1. The molecule has 98 valence electrons. The lowest BCUT2D eigenvalue weighted by Crippen LogP contribution is -2.44. The number of nitrogens with two attached hydrogens (primary N) is 1. The fraction of sp³-hybridized carbons (Fsp3) is 0.500. The maximum atomic E-state index is 12.3. The molecule has 1 atom stereocenters. The molecule has 1 aromatic heterocycles. The Morgan fingerprint density at radius 3 is 2.72 bits per heavy atom. The second-order valence-electron chi connectivity index (χ2n) is 4.46. The molecule has 0 bridgehead atoms. The molecule has 6 nitrogen and oxygen atoms in total. The van der Waals surface area contributed by atoms with E-state index in [1.807, 2.05) is 0 Å². The van der Waals surface area contributed by atoms with Crippen molar-refractivity contribution in [1.29, 1.82) is 0 Å². The Labute approximate surface area is 104 Å². The second kappa shape index (κ2) is 4.81. The summed E-state index contributed by atoms with van der Waals surface area (Å²) in [5, 5.41) is 9.04. The normalized spacial score (nSPS) is 16.3. The average molecular weight is 252 g/mol. The van der Waals surface area contributed by atoms with E-state index in [4.69, 9.17) is 15.3 Å². The Hall–Kier alpha value is -1.82. The van der Waals surface area contributed by atoms with E-state index in [2.05, 4.69) is 0 Å². The van der Waals surface area contributed by atoms with Gasteiger partial charge in [0.05, 0.1) is 12.1 Å². The van der Waals surface area contributed by atoms with E-state index >= 15 is 0 Å². The molecule has 0 saturated heterocycles. The molecule has 0 spiro atoms. The van der Waals surface area contributed by atoms with Gasteiger partial charge in [-0.25, -0.2) is 4.79 Å². The van der Waals surface area contributed by atoms with Gasteiger partial charge in [0.2, 0.25) is 0 Å². The van der Waals surface area contributed by atoms with E-state index in [0.29, 0.717) is 11.3 Å². The zero-order valence-electron chi connectivity index (χ0n) is 10.1. The van der Waals surface area contributed by atoms with Crippen LogP contribution in [0.5, 0.6) is 0 Å². The summed E-state index contributed by atoms with van der Waals surface area (Å²) in [5.74, 6) is -0.800. The fourth-order valence-corrected chi connectivity index (χ4v) is 1.88. The van der Waals surface area contributed by atoms with E-state index in [1.165, 1.54) is 18.1 Å². The standard InChI is InChI=1S/C12H16N2O4/c1-7(12(16)17)14(9-2-3-9)11(15)8-4-10(5-13)18-6-8/h4,6-7,9H,2-3,5,13H2,1H3,(H,16,17). The van der Waals surface area contributed by atoms with Gasteiger partial charge in [-0.1, -0.05) is 0 Å². The highest BCUT2D eigenvalue weighted by Gasteiger charge is 2.39. The number of amides is 1. The largest absolute Gasteiger partial charge is 0.480 e. The molecular formula is C12H16N2O4. The molecule has 0 aliphatic heterocycles. The lowest BCUT2D eigenvalue weighted by molar-refractivity contribution is -0.141. The molecule has 0 radical (unpaired) electrons. The zero-order valence-corrected chi connectivity index (χ0v) is 10.1. The minimum atomic E-state index is -1.00. The summed E-state index contributed by atoms with van der Waals surface area (Å²) in [5.41, 5.74) is 5.76. The van der Waals surface area contributed by atoms with Gasteiger partial charge in [-0.3, -0.25) is 4.79 Å². The SMILES string of the molecule is CC(C(=O)O)N(C(=O)c1coc(CN)c1)C1CC1. The number of hydrogen-bond acceptors (Lipinski definition) is 4. The first-order valence-electron chi connectivity index (χ1n) is 5.87. The highest BCUT2D eigenvalue weighted by atomic mass is 16.4. The topological polar surface area (TPSA) is 96.8 Å². The summed E-state index contributed by atoms with van der Waals surface area (Å²) in [4.78, 5) is 24.7. The van der Waals surface area contributed by atoms with Crippen LogP contribution in [0.25, 0.3) is 0 Å². The molecule has 1 fully saturated rings. The van der Waals surface area contributed by atoms with Crippen molar-refractivity contribution in [3.63, 3.8) is 0 Å². The lowest BCUT2D eigenvalue weighted by atomic mass is 10.2. The molecule has 1 aromatic rings. The Balaban J connectivity index is 2.20. The first-order chi connectivity index (χ1) is 8.54. The lowest BCUT2D eigenvalue weighted by Gasteiger charge is -2.25. The third-order valence-electron chi connectivity index (χ3n) is 3.05. The van der Waals surface area contributed by atoms with Crippen molar-refractivity contribution in [3.8, 4) is 0 Å². The van der Waals surface area contributed by atoms with Crippen LogP contribution in [0.4, 0.5) is 0 Å². The van der Waals surface area contributed by atoms with E-state index in [9.17, 15) is 9.59 Å². The van der Waals surface area contributed by atoms with Gasteiger partial charge in [0, 0.05) is 6.04 Å². The van der Waals surface area contributed by atoms with E-state index in [1.54, 1.807) is 6.07 Å². The minimum Gasteiger partial charge on any atom is -0.480 e. The first-order valence-corrected chi connectivity index (χ1v) is 5.87. The number of carbonyl (C=O) groups is 2. The van der Waals surface area contributed by atoms with Gasteiger partial charge >= 0.3 is 5.97 Å². The Bertz CT molecular complexity index is 464. The molecule has 1 saturated carbocycles. The molecule has 1 aliphatic rings. The van der Waals surface area contributed by atoms with Crippen LogP contribution in [-0.4, -0.2) is 34.0 Å². The van der Waals surface area contributed by atoms with Crippen molar-refractivity contribution in [2.75, 3.05) is 0 Å². The van der Waals surface area contributed by atoms with Crippen molar-refractivity contribution >= 4 is 11.9 Å². The summed E-state index contributed by atoms with van der Waals surface area (Å²) in [6.45, 7) is 1.73. The van der Waals surface area contributed by atoms with Gasteiger partial charge in [-0.05, 0) is 25.8 Å². The molecule has 3 N–H and O–H groups in total. The molecule has 1 unspecified atom stereocenters. The van der Waals surface area contributed by atoms with Crippen LogP contribution in [0.1, 0.15) is 35.9 Å². The molecule has 2 rings (SSSR count). The number of carbonyl (C=O) groups excluding carboxylic acids is 1. The van der Waals surface area contributed by atoms with Crippen LogP contribution >= 0.6 is 0 Å². The Morgan fingerprint density at radius 2 is 2.28 bits per heavy atom. The number of nitrogens with zero attached hydrogens (tertiary/aromatic N) is 1. The number of furan rings is 1. The van der Waals surface area contributed by atoms with Gasteiger partial charge in [-0.2, -0.15) is 0 Å². The van der Waals surface area contributed by atoms with E-state index < -0.39 is 12.0 Å². The van der Waals surface area contributed by atoms with Crippen molar-refractivity contribution in [1.82, 2.24) is 4.90 Å². The van der Waals surface area contributed by atoms with E-state index in [0.717, 1.165) is 12.8 Å². The Kier molecular flexibility index (Phi) is 3.38. The third-order valence-corrected chi connectivity index (χ3v) is 3.05. The van der Waals surface area contributed by atoms with Gasteiger partial charge in [0.1, 0.15) is 18.1 Å². The van der Waals surface area contributed by atoms with Crippen molar-refractivity contribution in [3.05, 3.63) is 23.7 Å². The molecular weight excluding hydrogens is 236 g/mol. The molecule has 1 aliphatic carbocycles. The predicted molar refractivity (Wildman–Crippen MR) is 62.9 cm³/mol. The summed E-state index contributed by atoms with van der Waals surface area (Å²) >= 11 is 0. The zero-order chi connectivity index (χ0) is 13.3. The van der Waals surface area contributed by atoms with Crippen molar-refractivity contribution in [2.45, 2.75) is 38.4 Å². The summed E-state index contributed by atoms with van der Waals surface area (Å²) in [6.07, 6.45) is 3.03. The fourth-order valence-electron chi connectivity index (χ4n) is 1.88. The van der Waals surface area contributed by atoms with Crippen LogP contribution in [0, 0.1) is 0 Å². The van der Waals surface area contributed by atoms with E-state index in [-0.39, 0.29) is 18.5 Å². The molecule has 0 aromatic carbocycles. The smallest absolute Gasteiger partial charge is 0.326 e. The van der Waals surface area contributed by atoms with Crippen molar-refractivity contribution in [2.24, 2.45) is 5.73 Å². The highest BCUT2D eigenvalue weighted by molar-refractivity contribution is 5.96. The minimum absolute atomic E-state index is 0.0276. The maximum Gasteiger partial charge on any atom is 0.326 e. The van der Waals surface area contributed by atoms with Crippen LogP contribution in [0.15, 0.2) is 16.7 Å². The second-order valence-corrected chi connectivity index (χ2v) is 4.46. The van der Waals surface area contributed by atoms with Crippen LogP contribution in [0.2, 0.25) is 0 Å². The maximum absolute atomic E-state index is 12.3. The Morgan fingerprint density at radius 1 is 1.61 bits per heavy atom. The average Bonchev–Trinajstić information content (AvgIpc) is 3.05. The van der Waals surface area contributed by atoms with Crippen LogP contribution in [0.3, 0.4) is 0 Å². The summed E-state index contributed by atoms with van der Waals surface area (Å²) < 4.78 is 5.11. The number of rotatable bonds is 5.